The summed E-state index contributed by atoms with van der Waals surface area (Å²) in [4.78, 5) is 28.1. The summed E-state index contributed by atoms with van der Waals surface area (Å²) >= 11 is 1.49. The highest BCUT2D eigenvalue weighted by Gasteiger charge is 2.45. The molecule has 3 aromatic rings. The number of amides is 1. The number of ether oxygens (including phenoxy) is 1. The quantitative estimate of drug-likeness (QED) is 0.532. The predicted molar refractivity (Wildman–Crippen MR) is 115 cm³/mol. The number of carbonyl (C=O) groups is 2. The van der Waals surface area contributed by atoms with Crippen molar-refractivity contribution >= 4 is 23.2 Å². The van der Waals surface area contributed by atoms with Crippen molar-refractivity contribution in [3.05, 3.63) is 83.0 Å². The van der Waals surface area contributed by atoms with Gasteiger partial charge in [0.2, 0.25) is 5.91 Å². The lowest BCUT2D eigenvalue weighted by Gasteiger charge is -2.32. The third-order valence-corrected chi connectivity index (χ3v) is 6.71. The van der Waals surface area contributed by atoms with Crippen LogP contribution in [-0.4, -0.2) is 29.9 Å². The molecule has 0 aliphatic carbocycles. The fourth-order valence-corrected chi connectivity index (χ4v) is 5.15. The molecule has 1 amide bonds. The van der Waals surface area contributed by atoms with Gasteiger partial charge in [0.05, 0.1) is 6.04 Å². The lowest BCUT2D eigenvalue weighted by Crippen LogP contribution is -2.38. The SMILES string of the molecule is CC(=O)OC(c1ccc(-c2ccc(F)cc2)s1)[C@H]1[C@@H](c2ccccc2)CC(=O)N1C. The van der Waals surface area contributed by atoms with Crippen LogP contribution in [0.4, 0.5) is 4.39 Å². The highest BCUT2D eigenvalue weighted by atomic mass is 32.1. The van der Waals surface area contributed by atoms with Crippen LogP contribution < -0.4 is 0 Å². The van der Waals surface area contributed by atoms with E-state index in [2.05, 4.69) is 0 Å². The minimum atomic E-state index is -0.580. The smallest absolute Gasteiger partial charge is 0.303 e. The first kappa shape index (κ1) is 20.3. The summed E-state index contributed by atoms with van der Waals surface area (Å²) in [5.41, 5.74) is 1.94. The molecule has 0 spiro atoms. The van der Waals surface area contributed by atoms with Crippen molar-refractivity contribution in [1.29, 1.82) is 0 Å². The zero-order valence-electron chi connectivity index (χ0n) is 16.7. The Hall–Kier alpha value is -2.99. The molecule has 30 heavy (non-hydrogen) atoms. The first-order valence-corrected chi connectivity index (χ1v) is 10.6. The summed E-state index contributed by atoms with van der Waals surface area (Å²) in [6.07, 6.45) is -0.206. The largest absolute Gasteiger partial charge is 0.455 e. The number of rotatable bonds is 5. The summed E-state index contributed by atoms with van der Waals surface area (Å²) in [7, 11) is 1.76. The minimum absolute atomic E-state index is 0.0290. The number of hydrogen-bond acceptors (Lipinski definition) is 4. The van der Waals surface area contributed by atoms with Crippen molar-refractivity contribution in [2.45, 2.75) is 31.4 Å². The molecule has 0 bridgehead atoms. The standard InChI is InChI=1S/C24H22FNO3S/c1-15(27)29-24(21-13-12-20(30-21)17-8-10-18(25)11-9-17)23-19(14-22(28)26(23)2)16-6-4-3-5-7-16/h3-13,19,23-24H,14H2,1-2H3/t19-,23-,24?/m1/s1. The Balaban J connectivity index is 1.72. The molecule has 1 unspecified atom stereocenters. The van der Waals surface area contributed by atoms with Gasteiger partial charge < -0.3 is 9.64 Å². The number of thiophene rings is 1. The van der Waals surface area contributed by atoms with Crippen molar-refractivity contribution in [3.8, 4) is 10.4 Å². The van der Waals surface area contributed by atoms with Gasteiger partial charge in [-0.3, -0.25) is 9.59 Å². The van der Waals surface area contributed by atoms with Crippen LogP contribution in [0.5, 0.6) is 0 Å². The third-order valence-electron chi connectivity index (χ3n) is 5.51. The van der Waals surface area contributed by atoms with E-state index in [-0.39, 0.29) is 23.7 Å². The molecule has 0 radical (unpaired) electrons. The lowest BCUT2D eigenvalue weighted by atomic mass is 9.88. The second kappa shape index (κ2) is 8.40. The van der Waals surface area contributed by atoms with Crippen LogP contribution in [0.3, 0.4) is 0 Å². The molecule has 6 heteroatoms. The fourth-order valence-electron chi connectivity index (χ4n) is 4.07. The van der Waals surface area contributed by atoms with Gasteiger partial charge in [-0.25, -0.2) is 4.39 Å². The zero-order valence-corrected chi connectivity index (χ0v) is 17.6. The van der Waals surface area contributed by atoms with E-state index >= 15 is 0 Å². The van der Waals surface area contributed by atoms with E-state index < -0.39 is 12.1 Å². The van der Waals surface area contributed by atoms with E-state index in [4.69, 9.17) is 4.74 Å². The average Bonchev–Trinajstić information content (AvgIpc) is 3.33. The van der Waals surface area contributed by atoms with Gasteiger partial charge in [-0.1, -0.05) is 42.5 Å². The second-order valence-corrected chi connectivity index (χ2v) is 8.57. The number of halogens is 1. The molecular weight excluding hydrogens is 401 g/mol. The van der Waals surface area contributed by atoms with Gasteiger partial charge in [0.25, 0.3) is 0 Å². The van der Waals surface area contributed by atoms with Crippen molar-refractivity contribution in [2.24, 2.45) is 0 Å². The third kappa shape index (κ3) is 4.00. The average molecular weight is 424 g/mol. The highest BCUT2D eigenvalue weighted by Crippen LogP contribution is 2.44. The van der Waals surface area contributed by atoms with Gasteiger partial charge in [-0.05, 0) is 35.4 Å². The number of nitrogens with zero attached hydrogens (tertiary/aromatic N) is 1. The number of carbonyl (C=O) groups excluding carboxylic acids is 2. The molecule has 2 aromatic carbocycles. The van der Waals surface area contributed by atoms with E-state index in [1.807, 2.05) is 42.5 Å². The minimum Gasteiger partial charge on any atom is -0.455 e. The molecule has 0 saturated carbocycles. The summed E-state index contributed by atoms with van der Waals surface area (Å²) < 4.78 is 19.1. The normalized spacial score (nSPS) is 19.7. The van der Waals surface area contributed by atoms with Crippen LogP contribution in [0.25, 0.3) is 10.4 Å². The molecule has 3 atom stereocenters. The van der Waals surface area contributed by atoms with Crippen LogP contribution in [-0.2, 0) is 14.3 Å². The summed E-state index contributed by atoms with van der Waals surface area (Å²) in [6, 6.07) is 19.7. The van der Waals surface area contributed by atoms with Gasteiger partial charge in [-0.15, -0.1) is 11.3 Å². The van der Waals surface area contributed by atoms with Gasteiger partial charge in [-0.2, -0.15) is 0 Å². The Labute approximate surface area is 178 Å². The highest BCUT2D eigenvalue weighted by molar-refractivity contribution is 7.15. The molecule has 154 valence electrons. The molecule has 0 N–H and O–H groups in total. The Morgan fingerprint density at radius 1 is 1.10 bits per heavy atom. The molecule has 1 aliphatic heterocycles. The molecule has 1 aromatic heterocycles. The van der Waals surface area contributed by atoms with E-state index in [0.29, 0.717) is 6.42 Å². The molecule has 4 rings (SSSR count). The summed E-state index contributed by atoms with van der Waals surface area (Å²) in [6.45, 7) is 1.38. The Morgan fingerprint density at radius 3 is 2.47 bits per heavy atom. The van der Waals surface area contributed by atoms with Gasteiger partial charge >= 0.3 is 5.97 Å². The molecule has 1 saturated heterocycles. The van der Waals surface area contributed by atoms with Crippen LogP contribution in [0, 0.1) is 5.82 Å². The topological polar surface area (TPSA) is 46.6 Å². The van der Waals surface area contributed by atoms with Crippen molar-refractivity contribution in [2.75, 3.05) is 7.05 Å². The molecule has 1 fully saturated rings. The Morgan fingerprint density at radius 2 is 1.80 bits per heavy atom. The number of hydrogen-bond donors (Lipinski definition) is 0. The maximum Gasteiger partial charge on any atom is 0.303 e. The number of benzene rings is 2. The molecule has 1 aliphatic rings. The first-order valence-electron chi connectivity index (χ1n) is 9.77. The monoisotopic (exact) mass is 423 g/mol. The van der Waals surface area contributed by atoms with Crippen molar-refractivity contribution < 1.29 is 18.7 Å². The molecule has 4 nitrogen and oxygen atoms in total. The van der Waals surface area contributed by atoms with E-state index in [9.17, 15) is 14.0 Å². The predicted octanol–water partition coefficient (Wildman–Crippen LogP) is 5.17. The number of likely N-dealkylation sites (tertiary alicyclic amines) is 1. The number of esters is 1. The fraction of sp³-hybridized carbons (Fsp3) is 0.250. The first-order chi connectivity index (χ1) is 14.4. The summed E-state index contributed by atoms with van der Waals surface area (Å²) in [5, 5.41) is 0. The van der Waals surface area contributed by atoms with Gasteiger partial charge in [0.15, 0.2) is 6.10 Å². The van der Waals surface area contributed by atoms with E-state index in [1.165, 1.54) is 30.4 Å². The van der Waals surface area contributed by atoms with Crippen LogP contribution in [0.2, 0.25) is 0 Å². The van der Waals surface area contributed by atoms with Crippen LogP contribution >= 0.6 is 11.3 Å². The second-order valence-electron chi connectivity index (χ2n) is 7.46. The van der Waals surface area contributed by atoms with Crippen LogP contribution in [0.15, 0.2) is 66.7 Å². The van der Waals surface area contributed by atoms with E-state index in [0.717, 1.165) is 20.9 Å². The van der Waals surface area contributed by atoms with Gasteiger partial charge in [0, 0.05) is 36.1 Å². The Kier molecular flexibility index (Phi) is 5.68. The number of likely N-dealkylation sites (N-methyl/N-ethyl adjacent to an activating group) is 1. The van der Waals surface area contributed by atoms with Crippen molar-refractivity contribution in [3.63, 3.8) is 0 Å². The van der Waals surface area contributed by atoms with Crippen molar-refractivity contribution in [1.82, 2.24) is 4.90 Å². The lowest BCUT2D eigenvalue weighted by molar-refractivity contribution is -0.151. The Bertz CT molecular complexity index is 1050. The molecule has 2 heterocycles. The maximum absolute atomic E-state index is 13.3. The van der Waals surface area contributed by atoms with Crippen LogP contribution in [0.1, 0.15) is 35.8 Å². The molecular formula is C24H22FNO3S. The van der Waals surface area contributed by atoms with E-state index in [1.54, 1.807) is 24.1 Å². The maximum atomic E-state index is 13.3. The summed E-state index contributed by atoms with van der Waals surface area (Å²) in [5.74, 6) is -0.729. The van der Waals surface area contributed by atoms with Gasteiger partial charge in [0.1, 0.15) is 5.82 Å². The zero-order chi connectivity index (χ0) is 21.3.